The number of aromatic amines is 1. The Hall–Kier alpha value is -3.99. The van der Waals surface area contributed by atoms with Crippen molar-refractivity contribution in [2.45, 2.75) is 6.54 Å². The van der Waals surface area contributed by atoms with E-state index >= 15 is 0 Å². The molecule has 6 rings (SSSR count). The van der Waals surface area contributed by atoms with Crippen molar-refractivity contribution in [1.82, 2.24) is 4.98 Å². The summed E-state index contributed by atoms with van der Waals surface area (Å²) in [5.74, 6) is -0.0980. The fraction of sp³-hybridized carbons (Fsp3) is 0.0333. The lowest BCUT2D eigenvalue weighted by Crippen LogP contribution is -2.26. The summed E-state index contributed by atoms with van der Waals surface area (Å²) in [5, 5.41) is 2.00. The lowest BCUT2D eigenvalue weighted by Gasteiger charge is -2.18. The number of rotatable bonds is 4. The number of aromatic nitrogens is 1. The predicted molar refractivity (Wildman–Crippen MR) is 149 cm³/mol. The number of halogens is 2. The van der Waals surface area contributed by atoms with E-state index in [1.807, 2.05) is 78.9 Å². The Kier molecular flexibility index (Phi) is 5.56. The van der Waals surface area contributed by atoms with E-state index in [0.29, 0.717) is 27.9 Å². The molecule has 0 radical (unpaired) electrons. The predicted octanol–water partition coefficient (Wildman–Crippen LogP) is 7.56. The van der Waals surface area contributed by atoms with Crippen LogP contribution in [0.1, 0.15) is 22.4 Å². The van der Waals surface area contributed by atoms with Crippen LogP contribution in [-0.2, 0) is 11.3 Å². The molecule has 0 aliphatic carbocycles. The van der Waals surface area contributed by atoms with Gasteiger partial charge in [0.05, 0.1) is 27.9 Å². The lowest BCUT2D eigenvalue weighted by atomic mass is 9.92. The Bertz CT molecular complexity index is 1650. The van der Waals surface area contributed by atoms with Gasteiger partial charge >= 0.3 is 0 Å². The van der Waals surface area contributed by atoms with Crippen LogP contribution in [0.15, 0.2) is 97.1 Å². The number of hydrogen-bond acceptors (Lipinski definition) is 2. The van der Waals surface area contributed by atoms with Gasteiger partial charge in [-0.2, -0.15) is 0 Å². The number of nitrogen functional groups attached to an aromatic ring is 1. The molecule has 36 heavy (non-hydrogen) atoms. The summed E-state index contributed by atoms with van der Waals surface area (Å²) in [6.07, 6.45) is 0. The highest BCUT2D eigenvalue weighted by atomic mass is 35.5. The molecular formula is C30H21Cl2N3O. The number of fused-ring (bicyclic) bond motifs is 2. The first-order valence-electron chi connectivity index (χ1n) is 11.5. The number of carbonyl (C=O) groups is 1. The molecule has 0 unspecified atom stereocenters. The number of carbonyl (C=O) groups excluding carboxylic acids is 1. The summed E-state index contributed by atoms with van der Waals surface area (Å²) in [5.41, 5.74) is 13.7. The van der Waals surface area contributed by atoms with E-state index in [0.717, 1.165) is 44.5 Å². The highest BCUT2D eigenvalue weighted by molar-refractivity contribution is 6.42. The van der Waals surface area contributed by atoms with E-state index < -0.39 is 0 Å². The molecule has 3 N–H and O–H groups in total. The third-order valence-corrected chi connectivity index (χ3v) is 7.27. The fourth-order valence-electron chi connectivity index (χ4n) is 4.85. The highest BCUT2D eigenvalue weighted by Crippen LogP contribution is 2.45. The molecule has 1 aliphatic rings. The molecule has 0 fully saturated rings. The number of nitrogens with two attached hydrogens (primary N) is 1. The highest BCUT2D eigenvalue weighted by Gasteiger charge is 2.36. The number of nitrogens with one attached hydrogen (secondary N) is 1. The molecule has 6 heteroatoms. The van der Waals surface area contributed by atoms with Crippen molar-refractivity contribution in [2.75, 3.05) is 10.6 Å². The maximum absolute atomic E-state index is 14.2. The van der Waals surface area contributed by atoms with Gasteiger partial charge in [-0.3, -0.25) is 4.79 Å². The van der Waals surface area contributed by atoms with Crippen LogP contribution in [0.25, 0.3) is 22.0 Å². The number of nitrogens with zero attached hydrogens (tertiary/aromatic N) is 1. The molecule has 0 bridgehead atoms. The minimum Gasteiger partial charge on any atom is -0.398 e. The average molecular weight is 510 g/mol. The number of anilines is 2. The summed E-state index contributed by atoms with van der Waals surface area (Å²) < 4.78 is 0. The molecule has 4 nitrogen and oxygen atoms in total. The van der Waals surface area contributed by atoms with Crippen molar-refractivity contribution in [3.63, 3.8) is 0 Å². The number of amides is 1. The standard InChI is InChI=1S/C30H21Cl2N3O/c31-22-14-13-18(15-23(22)32)17-35-27-12-6-3-9-21(27)29(30(35)36)28(20-8-2-4-10-24(20)33)26-16-19-7-1-5-11-25(19)34-26/h1-16,34H,17,33H2/b29-28-. The van der Waals surface area contributed by atoms with E-state index in [4.69, 9.17) is 28.9 Å². The number of para-hydroxylation sites is 3. The van der Waals surface area contributed by atoms with Gasteiger partial charge in [-0.05, 0) is 42.0 Å². The Balaban J connectivity index is 1.59. The van der Waals surface area contributed by atoms with Crippen LogP contribution < -0.4 is 10.6 Å². The summed E-state index contributed by atoms with van der Waals surface area (Å²) >= 11 is 12.4. The molecule has 1 aromatic heterocycles. The SMILES string of the molecule is Nc1ccccc1/C(=C1/C(=O)N(Cc2ccc(Cl)c(Cl)c2)c2ccccc21)c1cc2ccccc2[nH]1. The first kappa shape index (κ1) is 22.5. The minimum absolute atomic E-state index is 0.0980. The molecule has 0 saturated heterocycles. The van der Waals surface area contributed by atoms with Gasteiger partial charge in [0.1, 0.15) is 0 Å². The van der Waals surface area contributed by atoms with Gasteiger partial charge in [-0.15, -0.1) is 0 Å². The van der Waals surface area contributed by atoms with Crippen LogP contribution >= 0.6 is 23.2 Å². The van der Waals surface area contributed by atoms with Gasteiger partial charge < -0.3 is 15.6 Å². The minimum atomic E-state index is -0.0980. The third kappa shape index (κ3) is 3.76. The zero-order valence-corrected chi connectivity index (χ0v) is 20.6. The smallest absolute Gasteiger partial charge is 0.260 e. The maximum Gasteiger partial charge on any atom is 0.260 e. The van der Waals surface area contributed by atoms with Gasteiger partial charge in [-0.1, -0.05) is 83.9 Å². The second-order valence-electron chi connectivity index (χ2n) is 8.76. The van der Waals surface area contributed by atoms with Gasteiger partial charge in [-0.25, -0.2) is 0 Å². The Morgan fingerprint density at radius 2 is 1.58 bits per heavy atom. The number of H-pyrrole nitrogens is 1. The lowest BCUT2D eigenvalue weighted by molar-refractivity contribution is -0.113. The molecule has 4 aromatic carbocycles. The Morgan fingerprint density at radius 3 is 2.39 bits per heavy atom. The number of hydrogen-bond donors (Lipinski definition) is 2. The second kappa shape index (κ2) is 8.90. The molecule has 1 aliphatic heterocycles. The third-order valence-electron chi connectivity index (χ3n) is 6.53. The molecule has 0 saturated carbocycles. The monoisotopic (exact) mass is 509 g/mol. The van der Waals surface area contributed by atoms with Gasteiger partial charge in [0, 0.05) is 39.0 Å². The van der Waals surface area contributed by atoms with Crippen LogP contribution in [-0.4, -0.2) is 10.9 Å². The molecule has 0 atom stereocenters. The van der Waals surface area contributed by atoms with Crippen LogP contribution in [0, 0.1) is 0 Å². The topological polar surface area (TPSA) is 62.1 Å². The van der Waals surface area contributed by atoms with E-state index in [2.05, 4.69) is 11.1 Å². The summed E-state index contributed by atoms with van der Waals surface area (Å²) in [6.45, 7) is 0.362. The molecule has 2 heterocycles. The van der Waals surface area contributed by atoms with E-state index in [-0.39, 0.29) is 5.91 Å². The first-order valence-corrected chi connectivity index (χ1v) is 12.3. The maximum atomic E-state index is 14.2. The Morgan fingerprint density at radius 1 is 0.833 bits per heavy atom. The van der Waals surface area contributed by atoms with Crippen molar-refractivity contribution in [3.05, 3.63) is 129 Å². The van der Waals surface area contributed by atoms with Crippen LogP contribution in [0.5, 0.6) is 0 Å². The molecule has 5 aromatic rings. The quantitative estimate of drug-likeness (QED) is 0.194. The van der Waals surface area contributed by atoms with Crippen LogP contribution in [0.3, 0.4) is 0 Å². The summed E-state index contributed by atoms with van der Waals surface area (Å²) in [7, 11) is 0. The molecule has 0 spiro atoms. The van der Waals surface area contributed by atoms with Gasteiger partial charge in [0.15, 0.2) is 0 Å². The van der Waals surface area contributed by atoms with Crippen LogP contribution in [0.4, 0.5) is 11.4 Å². The largest absolute Gasteiger partial charge is 0.398 e. The number of benzene rings is 4. The fourth-order valence-corrected chi connectivity index (χ4v) is 5.17. The van der Waals surface area contributed by atoms with Crippen molar-refractivity contribution in [3.8, 4) is 0 Å². The normalized spacial score (nSPS) is 14.4. The molecular weight excluding hydrogens is 489 g/mol. The zero-order chi connectivity index (χ0) is 24.8. The van der Waals surface area contributed by atoms with Crippen molar-refractivity contribution < 1.29 is 4.79 Å². The second-order valence-corrected chi connectivity index (χ2v) is 9.58. The van der Waals surface area contributed by atoms with E-state index in [9.17, 15) is 4.79 Å². The zero-order valence-electron chi connectivity index (χ0n) is 19.1. The van der Waals surface area contributed by atoms with Crippen molar-refractivity contribution in [2.24, 2.45) is 0 Å². The van der Waals surface area contributed by atoms with Crippen LogP contribution in [0.2, 0.25) is 10.0 Å². The average Bonchev–Trinajstić information content (AvgIpc) is 3.43. The van der Waals surface area contributed by atoms with Crippen molar-refractivity contribution in [1.29, 1.82) is 0 Å². The Labute approximate surface area is 218 Å². The van der Waals surface area contributed by atoms with Crippen molar-refractivity contribution >= 4 is 62.5 Å². The first-order chi connectivity index (χ1) is 17.5. The molecule has 1 amide bonds. The van der Waals surface area contributed by atoms with E-state index in [1.54, 1.807) is 17.0 Å². The van der Waals surface area contributed by atoms with E-state index in [1.165, 1.54) is 0 Å². The summed E-state index contributed by atoms with van der Waals surface area (Å²) in [6, 6.07) is 31.1. The van der Waals surface area contributed by atoms with Gasteiger partial charge in [0.2, 0.25) is 0 Å². The van der Waals surface area contributed by atoms with Gasteiger partial charge in [0.25, 0.3) is 5.91 Å². The summed E-state index contributed by atoms with van der Waals surface area (Å²) in [4.78, 5) is 19.5. The molecule has 176 valence electrons.